The van der Waals surface area contributed by atoms with E-state index in [-0.39, 0.29) is 27.5 Å². The number of fused-ring (bicyclic) bond motifs is 1. The van der Waals surface area contributed by atoms with Crippen molar-refractivity contribution in [1.82, 2.24) is 14.6 Å². The van der Waals surface area contributed by atoms with E-state index in [0.717, 1.165) is 4.52 Å². The standard InChI is InChI=1S/C15H6ClN5O/c16-12-8-19-21-14(20-12)10(6-17)13(11(7-18)15(21)22)9-4-2-1-3-5-9/h1-5,8H. The Balaban J connectivity index is 2.59. The summed E-state index contributed by atoms with van der Waals surface area (Å²) in [5, 5.41) is 22.7. The van der Waals surface area contributed by atoms with Crippen molar-refractivity contribution in [2.75, 3.05) is 0 Å². The molecule has 0 aliphatic heterocycles. The van der Waals surface area contributed by atoms with Crippen molar-refractivity contribution in [1.29, 1.82) is 10.5 Å². The molecule has 3 aromatic rings. The zero-order valence-electron chi connectivity index (χ0n) is 11.0. The number of nitriles is 2. The summed E-state index contributed by atoms with van der Waals surface area (Å²) in [6, 6.07) is 12.6. The Morgan fingerprint density at radius 3 is 2.41 bits per heavy atom. The number of aromatic nitrogens is 3. The lowest BCUT2D eigenvalue weighted by atomic mass is 9.97. The number of pyridine rings is 1. The first-order valence-corrected chi connectivity index (χ1v) is 6.52. The van der Waals surface area contributed by atoms with E-state index in [4.69, 9.17) is 11.6 Å². The van der Waals surface area contributed by atoms with E-state index < -0.39 is 5.56 Å². The molecule has 0 aliphatic carbocycles. The van der Waals surface area contributed by atoms with Crippen LogP contribution in [0.5, 0.6) is 0 Å². The summed E-state index contributed by atoms with van der Waals surface area (Å²) < 4.78 is 0.912. The van der Waals surface area contributed by atoms with Crippen molar-refractivity contribution >= 4 is 17.2 Å². The summed E-state index contributed by atoms with van der Waals surface area (Å²) in [4.78, 5) is 16.4. The molecule has 2 aromatic heterocycles. The third-order valence-electron chi connectivity index (χ3n) is 3.11. The van der Waals surface area contributed by atoms with E-state index in [2.05, 4.69) is 10.1 Å². The van der Waals surface area contributed by atoms with Crippen LogP contribution in [0.2, 0.25) is 5.15 Å². The number of benzene rings is 1. The third kappa shape index (κ3) is 1.99. The van der Waals surface area contributed by atoms with Gasteiger partial charge in [0.25, 0.3) is 5.56 Å². The molecule has 0 radical (unpaired) electrons. The first kappa shape index (κ1) is 13.7. The van der Waals surface area contributed by atoms with Gasteiger partial charge in [-0.2, -0.15) is 20.1 Å². The minimum atomic E-state index is -0.639. The quantitative estimate of drug-likeness (QED) is 0.686. The van der Waals surface area contributed by atoms with Crippen LogP contribution >= 0.6 is 11.6 Å². The maximum atomic E-state index is 12.4. The van der Waals surface area contributed by atoms with Gasteiger partial charge < -0.3 is 0 Å². The van der Waals surface area contributed by atoms with Crippen molar-refractivity contribution < 1.29 is 0 Å². The SMILES string of the molecule is N#Cc1c(-c2ccccc2)c(C#N)c2nc(Cl)cnn2c1=O. The van der Waals surface area contributed by atoms with Crippen molar-refractivity contribution in [2.45, 2.75) is 0 Å². The topological polar surface area (TPSA) is 94.8 Å². The summed E-state index contributed by atoms with van der Waals surface area (Å²) in [7, 11) is 0. The van der Waals surface area contributed by atoms with Gasteiger partial charge in [-0.3, -0.25) is 4.79 Å². The lowest BCUT2D eigenvalue weighted by Gasteiger charge is -2.09. The summed E-state index contributed by atoms with van der Waals surface area (Å²) in [5.74, 6) is 0. The molecule has 104 valence electrons. The lowest BCUT2D eigenvalue weighted by molar-refractivity contribution is 0.856. The first-order chi connectivity index (χ1) is 10.7. The third-order valence-corrected chi connectivity index (χ3v) is 3.29. The van der Waals surface area contributed by atoms with E-state index in [1.807, 2.05) is 12.1 Å². The fraction of sp³-hybridized carbons (Fsp3) is 0. The van der Waals surface area contributed by atoms with Crippen molar-refractivity contribution in [3.05, 3.63) is 63.2 Å². The predicted octanol–water partition coefficient (Wildman–Crippen LogP) is 2.15. The minimum Gasteiger partial charge on any atom is -0.266 e. The van der Waals surface area contributed by atoms with Crippen LogP contribution in [0.15, 0.2) is 41.3 Å². The second-order valence-electron chi connectivity index (χ2n) is 4.33. The Morgan fingerprint density at radius 2 is 1.77 bits per heavy atom. The van der Waals surface area contributed by atoms with Crippen LogP contribution in [0.1, 0.15) is 11.1 Å². The van der Waals surface area contributed by atoms with Crippen LogP contribution in [0.4, 0.5) is 0 Å². The van der Waals surface area contributed by atoms with Gasteiger partial charge >= 0.3 is 0 Å². The van der Waals surface area contributed by atoms with Crippen LogP contribution in [0, 0.1) is 22.7 Å². The van der Waals surface area contributed by atoms with Crippen LogP contribution in [-0.2, 0) is 0 Å². The Hall–Kier alpha value is -3.22. The van der Waals surface area contributed by atoms with Gasteiger partial charge in [0.15, 0.2) is 10.8 Å². The van der Waals surface area contributed by atoms with Crippen LogP contribution in [0.3, 0.4) is 0 Å². The molecule has 1 aromatic carbocycles. The number of rotatable bonds is 1. The second-order valence-corrected chi connectivity index (χ2v) is 4.72. The average molecular weight is 308 g/mol. The molecule has 0 amide bonds. The summed E-state index contributed by atoms with van der Waals surface area (Å²) in [6.07, 6.45) is 1.18. The van der Waals surface area contributed by atoms with E-state index in [1.165, 1.54) is 6.20 Å². The van der Waals surface area contributed by atoms with Gasteiger partial charge in [0.2, 0.25) is 0 Å². The largest absolute Gasteiger partial charge is 0.291 e. The highest BCUT2D eigenvalue weighted by atomic mass is 35.5. The van der Waals surface area contributed by atoms with E-state index in [1.54, 1.807) is 30.3 Å². The molecule has 2 heterocycles. The van der Waals surface area contributed by atoms with Crippen molar-refractivity contribution in [3.8, 4) is 23.3 Å². The summed E-state index contributed by atoms with van der Waals surface area (Å²) >= 11 is 5.81. The zero-order valence-corrected chi connectivity index (χ0v) is 11.7. The van der Waals surface area contributed by atoms with Gasteiger partial charge in [0.05, 0.1) is 6.20 Å². The molecular weight excluding hydrogens is 302 g/mol. The maximum absolute atomic E-state index is 12.4. The van der Waals surface area contributed by atoms with Crippen LogP contribution in [0.25, 0.3) is 16.8 Å². The molecule has 22 heavy (non-hydrogen) atoms. The highest BCUT2D eigenvalue weighted by Gasteiger charge is 2.21. The molecule has 3 rings (SSSR count). The van der Waals surface area contributed by atoms with Gasteiger partial charge in [-0.15, -0.1) is 0 Å². The number of hydrogen-bond acceptors (Lipinski definition) is 5. The summed E-state index contributed by atoms with van der Waals surface area (Å²) in [6.45, 7) is 0. The highest BCUT2D eigenvalue weighted by molar-refractivity contribution is 6.29. The van der Waals surface area contributed by atoms with Gasteiger partial charge in [-0.1, -0.05) is 41.9 Å². The van der Waals surface area contributed by atoms with Gasteiger partial charge in [0, 0.05) is 5.56 Å². The van der Waals surface area contributed by atoms with Crippen molar-refractivity contribution in [2.24, 2.45) is 0 Å². The Labute approximate surface area is 129 Å². The van der Waals surface area contributed by atoms with Gasteiger partial charge in [-0.05, 0) is 5.56 Å². The molecule has 6 nitrogen and oxygen atoms in total. The van der Waals surface area contributed by atoms with Crippen LogP contribution in [-0.4, -0.2) is 14.6 Å². The molecule has 0 bridgehead atoms. The number of nitrogens with zero attached hydrogens (tertiary/aromatic N) is 5. The van der Waals surface area contributed by atoms with Crippen LogP contribution < -0.4 is 5.56 Å². The fourth-order valence-electron chi connectivity index (χ4n) is 2.20. The minimum absolute atomic E-state index is 0.0258. The molecule has 0 spiro atoms. The lowest BCUT2D eigenvalue weighted by Crippen LogP contribution is -2.22. The molecule has 0 aliphatic rings. The number of hydrogen-bond donors (Lipinski definition) is 0. The molecule has 0 unspecified atom stereocenters. The number of halogens is 1. The van der Waals surface area contributed by atoms with Gasteiger partial charge in [0.1, 0.15) is 23.3 Å². The zero-order chi connectivity index (χ0) is 15.7. The molecule has 7 heteroatoms. The molecule has 0 saturated heterocycles. The Bertz CT molecular complexity index is 1030. The summed E-state index contributed by atoms with van der Waals surface area (Å²) in [5.41, 5.74) is 0.135. The smallest absolute Gasteiger partial charge is 0.266 e. The predicted molar refractivity (Wildman–Crippen MR) is 79.1 cm³/mol. The van der Waals surface area contributed by atoms with E-state index in [9.17, 15) is 15.3 Å². The monoisotopic (exact) mass is 307 g/mol. The van der Waals surface area contributed by atoms with Crippen molar-refractivity contribution in [3.63, 3.8) is 0 Å². The van der Waals surface area contributed by atoms with Gasteiger partial charge in [-0.25, -0.2) is 4.98 Å². The van der Waals surface area contributed by atoms with E-state index >= 15 is 0 Å². The Kier molecular flexibility index (Phi) is 3.30. The molecule has 0 atom stereocenters. The molecule has 0 saturated carbocycles. The van der Waals surface area contributed by atoms with E-state index in [0.29, 0.717) is 5.56 Å². The highest BCUT2D eigenvalue weighted by Crippen LogP contribution is 2.27. The fourth-order valence-corrected chi connectivity index (χ4v) is 2.32. The molecular formula is C15H6ClN5O. The maximum Gasteiger partial charge on any atom is 0.291 e. The normalized spacial score (nSPS) is 10.1. The molecule has 0 fully saturated rings. The average Bonchev–Trinajstić information content (AvgIpc) is 2.55. The molecule has 0 N–H and O–H groups in total. The Morgan fingerprint density at radius 1 is 1.09 bits per heavy atom. The first-order valence-electron chi connectivity index (χ1n) is 6.14. The second kappa shape index (κ2) is 5.28.